The number of esters is 1. The normalized spacial score (nSPS) is 11.6. The number of nitrogens with one attached hydrogen (secondary N) is 2. The van der Waals surface area contributed by atoms with Gasteiger partial charge < -0.3 is 15.4 Å². The van der Waals surface area contributed by atoms with Gasteiger partial charge in [0, 0.05) is 11.9 Å². The van der Waals surface area contributed by atoms with Crippen molar-refractivity contribution >= 4 is 45.9 Å². The van der Waals surface area contributed by atoms with E-state index in [9.17, 15) is 14.4 Å². The fourth-order valence-electron chi connectivity index (χ4n) is 2.35. The first-order chi connectivity index (χ1) is 12.9. The summed E-state index contributed by atoms with van der Waals surface area (Å²) >= 11 is 2.49. The van der Waals surface area contributed by atoms with Gasteiger partial charge in [0.15, 0.2) is 0 Å². The van der Waals surface area contributed by atoms with E-state index in [0.29, 0.717) is 15.4 Å². The van der Waals surface area contributed by atoms with Crippen molar-refractivity contribution in [3.05, 3.63) is 46.3 Å². The zero-order chi connectivity index (χ0) is 20.0. The smallest absolute Gasteiger partial charge is 0.341 e. The molecule has 0 aliphatic rings. The SMILES string of the molecule is CCOC(=O)c1c(NC(=O)C(C)Sc2ccccc2)sc(C(=O)NC)c1C. The molecule has 8 heteroatoms. The Morgan fingerprint density at radius 3 is 2.48 bits per heavy atom. The average Bonchev–Trinajstić information content (AvgIpc) is 2.98. The number of rotatable bonds is 7. The number of thioether (sulfide) groups is 1. The van der Waals surface area contributed by atoms with Gasteiger partial charge in [-0.05, 0) is 38.5 Å². The molecule has 1 heterocycles. The third-order valence-electron chi connectivity index (χ3n) is 3.72. The Bertz CT molecular complexity index is 834. The number of carbonyl (C=O) groups is 3. The van der Waals surface area contributed by atoms with E-state index in [1.807, 2.05) is 30.3 Å². The Morgan fingerprint density at radius 1 is 1.22 bits per heavy atom. The van der Waals surface area contributed by atoms with Crippen molar-refractivity contribution in [2.75, 3.05) is 19.0 Å². The van der Waals surface area contributed by atoms with E-state index >= 15 is 0 Å². The first-order valence-electron chi connectivity index (χ1n) is 8.44. The molecule has 144 valence electrons. The Balaban J connectivity index is 2.26. The molecule has 0 saturated heterocycles. The maximum absolute atomic E-state index is 12.6. The minimum atomic E-state index is -0.555. The summed E-state index contributed by atoms with van der Waals surface area (Å²) in [5, 5.41) is 5.28. The van der Waals surface area contributed by atoms with Crippen LogP contribution in [0.25, 0.3) is 0 Å². The zero-order valence-corrected chi connectivity index (χ0v) is 17.3. The Kier molecular flexibility index (Phi) is 7.44. The number of benzene rings is 1. The van der Waals surface area contributed by atoms with E-state index in [-0.39, 0.29) is 29.2 Å². The quantitative estimate of drug-likeness (QED) is 0.541. The Labute approximate surface area is 166 Å². The van der Waals surface area contributed by atoms with Crippen LogP contribution in [0, 0.1) is 6.92 Å². The molecule has 2 amide bonds. The predicted molar refractivity (Wildman–Crippen MR) is 109 cm³/mol. The number of hydrogen-bond donors (Lipinski definition) is 2. The van der Waals surface area contributed by atoms with Crippen LogP contribution in [0.5, 0.6) is 0 Å². The molecule has 0 aliphatic heterocycles. The van der Waals surface area contributed by atoms with Crippen molar-refractivity contribution < 1.29 is 19.1 Å². The first-order valence-corrected chi connectivity index (χ1v) is 10.1. The molecule has 1 aromatic carbocycles. The van der Waals surface area contributed by atoms with Gasteiger partial charge in [0.2, 0.25) is 5.91 Å². The van der Waals surface area contributed by atoms with E-state index in [1.165, 1.54) is 18.8 Å². The van der Waals surface area contributed by atoms with E-state index < -0.39 is 5.97 Å². The van der Waals surface area contributed by atoms with Crippen molar-refractivity contribution in [2.24, 2.45) is 0 Å². The van der Waals surface area contributed by atoms with E-state index in [0.717, 1.165) is 16.2 Å². The standard InChI is InChI=1S/C19H22N2O4S2/c1-5-25-19(24)14-11(2)15(17(23)20-4)27-18(14)21-16(22)12(3)26-13-9-7-6-8-10-13/h6-10,12H,5H2,1-4H3,(H,20,23)(H,21,22). The molecule has 2 N–H and O–H groups in total. The molecular formula is C19H22N2O4S2. The molecule has 0 fully saturated rings. The van der Waals surface area contributed by atoms with Crippen LogP contribution < -0.4 is 10.6 Å². The summed E-state index contributed by atoms with van der Waals surface area (Å²) in [5.74, 6) is -1.12. The second-order valence-electron chi connectivity index (χ2n) is 5.62. The number of thiophene rings is 1. The van der Waals surface area contributed by atoms with Gasteiger partial charge in [-0.3, -0.25) is 9.59 Å². The van der Waals surface area contributed by atoms with E-state index in [1.54, 1.807) is 20.8 Å². The van der Waals surface area contributed by atoms with Crippen LogP contribution in [0.15, 0.2) is 35.2 Å². The second-order valence-corrected chi connectivity index (χ2v) is 8.06. The van der Waals surface area contributed by atoms with Gasteiger partial charge in [-0.2, -0.15) is 0 Å². The van der Waals surface area contributed by atoms with Gasteiger partial charge in [-0.15, -0.1) is 23.1 Å². The topological polar surface area (TPSA) is 84.5 Å². The number of anilines is 1. The molecule has 1 aromatic heterocycles. The third-order valence-corrected chi connectivity index (χ3v) is 6.04. The van der Waals surface area contributed by atoms with E-state index in [4.69, 9.17) is 4.74 Å². The summed E-state index contributed by atoms with van der Waals surface area (Å²) in [6.07, 6.45) is 0. The lowest BCUT2D eigenvalue weighted by atomic mass is 10.1. The van der Waals surface area contributed by atoms with Crippen LogP contribution >= 0.6 is 23.1 Å². The van der Waals surface area contributed by atoms with Crippen LogP contribution in [-0.2, 0) is 9.53 Å². The summed E-state index contributed by atoms with van der Waals surface area (Å²) in [5.41, 5.74) is 0.724. The van der Waals surface area contributed by atoms with E-state index in [2.05, 4.69) is 10.6 Å². The maximum atomic E-state index is 12.6. The lowest BCUT2D eigenvalue weighted by Crippen LogP contribution is -2.23. The van der Waals surface area contributed by atoms with Gasteiger partial charge >= 0.3 is 5.97 Å². The van der Waals surface area contributed by atoms with Crippen LogP contribution in [0.4, 0.5) is 5.00 Å². The Hall–Kier alpha value is -2.32. The van der Waals surface area contributed by atoms with Crippen LogP contribution in [0.2, 0.25) is 0 Å². The summed E-state index contributed by atoms with van der Waals surface area (Å²) in [6.45, 7) is 5.37. The molecule has 0 radical (unpaired) electrons. The predicted octanol–water partition coefficient (Wildman–Crippen LogP) is 3.71. The summed E-state index contributed by atoms with van der Waals surface area (Å²) in [4.78, 5) is 38.4. The lowest BCUT2D eigenvalue weighted by Gasteiger charge is -2.12. The number of amides is 2. The molecule has 2 aromatic rings. The summed E-state index contributed by atoms with van der Waals surface area (Å²) in [7, 11) is 1.52. The lowest BCUT2D eigenvalue weighted by molar-refractivity contribution is -0.115. The largest absolute Gasteiger partial charge is 0.462 e. The molecule has 1 unspecified atom stereocenters. The highest BCUT2D eigenvalue weighted by atomic mass is 32.2. The molecule has 0 saturated carbocycles. The maximum Gasteiger partial charge on any atom is 0.341 e. The van der Waals surface area contributed by atoms with Crippen molar-refractivity contribution in [2.45, 2.75) is 30.9 Å². The highest BCUT2D eigenvalue weighted by Crippen LogP contribution is 2.34. The Morgan fingerprint density at radius 2 is 1.89 bits per heavy atom. The molecule has 27 heavy (non-hydrogen) atoms. The van der Waals surface area contributed by atoms with Crippen molar-refractivity contribution in [1.29, 1.82) is 0 Å². The van der Waals surface area contributed by atoms with Gasteiger partial charge in [0.1, 0.15) is 5.00 Å². The fraction of sp³-hybridized carbons (Fsp3) is 0.316. The van der Waals surface area contributed by atoms with Gasteiger partial charge in [-0.25, -0.2) is 4.79 Å². The fourth-order valence-corrected chi connectivity index (χ4v) is 4.38. The molecule has 0 bridgehead atoms. The monoisotopic (exact) mass is 406 g/mol. The third kappa shape index (κ3) is 5.11. The molecule has 2 rings (SSSR count). The van der Waals surface area contributed by atoms with Gasteiger partial charge in [0.05, 0.1) is 22.3 Å². The molecule has 6 nitrogen and oxygen atoms in total. The summed E-state index contributed by atoms with van der Waals surface area (Å²) < 4.78 is 5.09. The van der Waals surface area contributed by atoms with Crippen LogP contribution in [0.3, 0.4) is 0 Å². The minimum absolute atomic E-state index is 0.205. The number of hydrogen-bond acceptors (Lipinski definition) is 6. The van der Waals surface area contributed by atoms with Crippen molar-refractivity contribution in [3.63, 3.8) is 0 Å². The zero-order valence-electron chi connectivity index (χ0n) is 15.6. The second kappa shape index (κ2) is 9.57. The molecule has 0 spiro atoms. The summed E-state index contributed by atoms with van der Waals surface area (Å²) in [6, 6.07) is 9.58. The van der Waals surface area contributed by atoms with Crippen molar-refractivity contribution in [1.82, 2.24) is 5.32 Å². The molecule has 0 aliphatic carbocycles. The highest BCUT2D eigenvalue weighted by Gasteiger charge is 2.27. The first kappa shape index (κ1) is 21.0. The van der Waals surface area contributed by atoms with Gasteiger partial charge in [0.25, 0.3) is 5.91 Å². The number of ether oxygens (including phenoxy) is 1. The highest BCUT2D eigenvalue weighted by molar-refractivity contribution is 8.00. The van der Waals surface area contributed by atoms with Crippen molar-refractivity contribution in [3.8, 4) is 0 Å². The molecule has 1 atom stereocenters. The molecular weight excluding hydrogens is 384 g/mol. The minimum Gasteiger partial charge on any atom is -0.462 e. The van der Waals surface area contributed by atoms with Gasteiger partial charge in [-0.1, -0.05) is 18.2 Å². The average molecular weight is 407 g/mol. The van der Waals surface area contributed by atoms with Crippen LogP contribution in [-0.4, -0.2) is 36.7 Å². The number of carbonyl (C=O) groups excluding carboxylic acids is 3. The van der Waals surface area contributed by atoms with Crippen LogP contribution in [0.1, 0.15) is 39.4 Å².